The Morgan fingerprint density at radius 3 is 2.82 bits per heavy atom. The highest BCUT2D eigenvalue weighted by atomic mass is 16.4. The standard InChI is InChI=1S/C18H29NO3/c1-13(18(2,3)4)11-17(21)19-9-5-7-14(19)12-15(20)16-8-6-10-22-16/h6,8,10,13-15,20H,5,7,9,11-12H2,1-4H3. The van der Waals surface area contributed by atoms with Crippen molar-refractivity contribution in [3.8, 4) is 0 Å². The lowest BCUT2D eigenvalue weighted by Gasteiger charge is -2.31. The number of carbonyl (C=O) groups is 1. The minimum Gasteiger partial charge on any atom is -0.467 e. The summed E-state index contributed by atoms with van der Waals surface area (Å²) in [5.41, 5.74) is 0.137. The predicted molar refractivity (Wildman–Crippen MR) is 86.3 cm³/mol. The van der Waals surface area contributed by atoms with Gasteiger partial charge in [-0.1, -0.05) is 27.7 Å². The molecule has 1 aliphatic heterocycles. The normalized spacial score (nSPS) is 21.9. The van der Waals surface area contributed by atoms with Crippen molar-refractivity contribution in [2.24, 2.45) is 11.3 Å². The Morgan fingerprint density at radius 2 is 2.23 bits per heavy atom. The molecule has 3 unspecified atom stereocenters. The van der Waals surface area contributed by atoms with Crippen LogP contribution in [0.1, 0.15) is 65.2 Å². The van der Waals surface area contributed by atoms with Crippen molar-refractivity contribution in [2.75, 3.05) is 6.54 Å². The van der Waals surface area contributed by atoms with Gasteiger partial charge in [0.2, 0.25) is 5.91 Å². The van der Waals surface area contributed by atoms with Crippen LogP contribution in [-0.2, 0) is 4.79 Å². The zero-order chi connectivity index (χ0) is 16.3. The zero-order valence-corrected chi connectivity index (χ0v) is 14.2. The van der Waals surface area contributed by atoms with Crippen molar-refractivity contribution in [2.45, 2.75) is 65.5 Å². The second kappa shape index (κ2) is 6.86. The van der Waals surface area contributed by atoms with Gasteiger partial charge in [0, 0.05) is 25.4 Å². The quantitative estimate of drug-likeness (QED) is 0.901. The zero-order valence-electron chi connectivity index (χ0n) is 14.2. The summed E-state index contributed by atoms with van der Waals surface area (Å²) in [4.78, 5) is 14.6. The third-order valence-electron chi connectivity index (χ3n) is 5.02. The van der Waals surface area contributed by atoms with E-state index in [-0.39, 0.29) is 17.4 Å². The van der Waals surface area contributed by atoms with Gasteiger partial charge in [0.15, 0.2) is 0 Å². The van der Waals surface area contributed by atoms with Gasteiger partial charge in [0.25, 0.3) is 0 Å². The predicted octanol–water partition coefficient (Wildman–Crippen LogP) is 3.77. The van der Waals surface area contributed by atoms with Gasteiger partial charge in [-0.05, 0) is 36.3 Å². The molecule has 1 fully saturated rings. The molecule has 1 aromatic heterocycles. The first-order valence-corrected chi connectivity index (χ1v) is 8.30. The van der Waals surface area contributed by atoms with Crippen molar-refractivity contribution in [1.82, 2.24) is 4.90 Å². The maximum Gasteiger partial charge on any atom is 0.223 e. The molecule has 1 amide bonds. The molecule has 0 aromatic carbocycles. The van der Waals surface area contributed by atoms with Gasteiger partial charge in [-0.2, -0.15) is 0 Å². The molecular formula is C18H29NO3. The molecule has 124 valence electrons. The number of aliphatic hydroxyl groups is 1. The molecule has 0 aliphatic carbocycles. The molecule has 1 aromatic rings. The lowest BCUT2D eigenvalue weighted by Crippen LogP contribution is -2.38. The molecule has 0 spiro atoms. The fourth-order valence-electron chi connectivity index (χ4n) is 2.95. The van der Waals surface area contributed by atoms with E-state index in [9.17, 15) is 9.90 Å². The fourth-order valence-corrected chi connectivity index (χ4v) is 2.95. The molecule has 0 saturated carbocycles. The molecule has 2 heterocycles. The van der Waals surface area contributed by atoms with E-state index < -0.39 is 6.10 Å². The van der Waals surface area contributed by atoms with Crippen molar-refractivity contribution in [3.63, 3.8) is 0 Å². The molecule has 22 heavy (non-hydrogen) atoms. The Balaban J connectivity index is 1.94. The van der Waals surface area contributed by atoms with Crippen LogP contribution in [0, 0.1) is 11.3 Å². The average molecular weight is 307 g/mol. The molecule has 4 heteroatoms. The molecule has 3 atom stereocenters. The smallest absolute Gasteiger partial charge is 0.223 e. The van der Waals surface area contributed by atoms with Crippen LogP contribution in [0.25, 0.3) is 0 Å². The largest absolute Gasteiger partial charge is 0.467 e. The molecule has 2 rings (SSSR count). The van der Waals surface area contributed by atoms with E-state index in [1.807, 2.05) is 4.90 Å². The highest BCUT2D eigenvalue weighted by molar-refractivity contribution is 5.77. The summed E-state index contributed by atoms with van der Waals surface area (Å²) in [6, 6.07) is 3.69. The summed E-state index contributed by atoms with van der Waals surface area (Å²) < 4.78 is 5.26. The Bertz CT molecular complexity index is 475. The van der Waals surface area contributed by atoms with Crippen LogP contribution >= 0.6 is 0 Å². The van der Waals surface area contributed by atoms with Crippen molar-refractivity contribution in [3.05, 3.63) is 24.2 Å². The maximum absolute atomic E-state index is 12.6. The third kappa shape index (κ3) is 4.13. The van der Waals surface area contributed by atoms with Crippen molar-refractivity contribution < 1.29 is 14.3 Å². The van der Waals surface area contributed by atoms with E-state index >= 15 is 0 Å². The SMILES string of the molecule is CC(CC(=O)N1CCCC1CC(O)c1ccco1)C(C)(C)C. The topological polar surface area (TPSA) is 53.7 Å². The van der Waals surface area contributed by atoms with Crippen LogP contribution < -0.4 is 0 Å². The molecular weight excluding hydrogens is 278 g/mol. The Morgan fingerprint density at radius 1 is 1.50 bits per heavy atom. The number of hydrogen-bond acceptors (Lipinski definition) is 3. The molecule has 1 aliphatic rings. The monoisotopic (exact) mass is 307 g/mol. The molecule has 1 saturated heterocycles. The van der Waals surface area contributed by atoms with Crippen LogP contribution in [0.15, 0.2) is 22.8 Å². The number of amides is 1. The van der Waals surface area contributed by atoms with E-state index in [4.69, 9.17) is 4.42 Å². The highest BCUT2D eigenvalue weighted by Crippen LogP contribution is 2.32. The summed E-state index contributed by atoms with van der Waals surface area (Å²) in [5.74, 6) is 1.15. The molecule has 0 bridgehead atoms. The van der Waals surface area contributed by atoms with E-state index in [2.05, 4.69) is 27.7 Å². The summed E-state index contributed by atoms with van der Waals surface area (Å²) in [6.07, 6.45) is 4.06. The first kappa shape index (κ1) is 17.1. The summed E-state index contributed by atoms with van der Waals surface area (Å²) in [6.45, 7) is 9.47. The average Bonchev–Trinajstić information content (AvgIpc) is 3.08. The fraction of sp³-hybridized carbons (Fsp3) is 0.722. The Labute approximate surface area is 133 Å². The lowest BCUT2D eigenvalue weighted by atomic mass is 9.80. The first-order valence-electron chi connectivity index (χ1n) is 8.30. The van der Waals surface area contributed by atoms with Crippen molar-refractivity contribution >= 4 is 5.91 Å². The summed E-state index contributed by atoms with van der Waals surface area (Å²) in [7, 11) is 0. The molecule has 0 radical (unpaired) electrons. The van der Waals surface area contributed by atoms with E-state index in [1.54, 1.807) is 18.4 Å². The van der Waals surface area contributed by atoms with E-state index in [1.165, 1.54) is 0 Å². The lowest BCUT2D eigenvalue weighted by molar-refractivity contribution is -0.134. The number of aliphatic hydroxyl groups excluding tert-OH is 1. The Kier molecular flexibility index (Phi) is 5.32. The number of nitrogens with zero attached hydrogens (tertiary/aromatic N) is 1. The summed E-state index contributed by atoms with van der Waals surface area (Å²) in [5, 5.41) is 10.2. The highest BCUT2D eigenvalue weighted by Gasteiger charge is 2.33. The van der Waals surface area contributed by atoms with Gasteiger partial charge >= 0.3 is 0 Å². The minimum atomic E-state index is -0.631. The molecule has 4 nitrogen and oxygen atoms in total. The van der Waals surface area contributed by atoms with Gasteiger partial charge in [-0.3, -0.25) is 4.79 Å². The third-order valence-corrected chi connectivity index (χ3v) is 5.02. The van der Waals surface area contributed by atoms with Gasteiger partial charge < -0.3 is 14.4 Å². The number of hydrogen-bond donors (Lipinski definition) is 1. The van der Waals surface area contributed by atoms with Crippen LogP contribution in [-0.4, -0.2) is 28.5 Å². The second-order valence-corrected chi connectivity index (χ2v) is 7.62. The van der Waals surface area contributed by atoms with E-state index in [0.717, 1.165) is 19.4 Å². The van der Waals surface area contributed by atoms with Gasteiger partial charge in [0.1, 0.15) is 11.9 Å². The number of rotatable bonds is 5. The summed E-state index contributed by atoms with van der Waals surface area (Å²) >= 11 is 0. The van der Waals surface area contributed by atoms with Crippen LogP contribution in [0.4, 0.5) is 0 Å². The van der Waals surface area contributed by atoms with Crippen LogP contribution in [0.5, 0.6) is 0 Å². The number of carbonyl (C=O) groups excluding carboxylic acids is 1. The van der Waals surface area contributed by atoms with Gasteiger partial charge in [-0.25, -0.2) is 0 Å². The van der Waals surface area contributed by atoms with Crippen molar-refractivity contribution in [1.29, 1.82) is 0 Å². The van der Waals surface area contributed by atoms with Crippen LogP contribution in [0.2, 0.25) is 0 Å². The number of furan rings is 1. The van der Waals surface area contributed by atoms with Gasteiger partial charge in [-0.15, -0.1) is 0 Å². The Hall–Kier alpha value is -1.29. The minimum absolute atomic E-state index is 0.125. The first-order chi connectivity index (χ1) is 10.3. The van der Waals surface area contributed by atoms with Gasteiger partial charge in [0.05, 0.1) is 6.26 Å². The van der Waals surface area contributed by atoms with Crippen LogP contribution in [0.3, 0.4) is 0 Å². The second-order valence-electron chi connectivity index (χ2n) is 7.62. The number of likely N-dealkylation sites (tertiary alicyclic amines) is 1. The van der Waals surface area contributed by atoms with E-state index in [0.29, 0.717) is 24.5 Å². The maximum atomic E-state index is 12.6. The molecule has 1 N–H and O–H groups in total.